The van der Waals surface area contributed by atoms with Gasteiger partial charge in [-0.2, -0.15) is 8.78 Å². The SMILES string of the molecule is O=C(c1ccccn1)N1CCC(Nc2ccc(S(=O)(=O)C(F)F)cc2)C1. The Hall–Kier alpha value is -2.55. The Kier molecular flexibility index (Phi) is 5.17. The molecule has 3 rings (SSSR count). The maximum absolute atomic E-state index is 12.5. The monoisotopic (exact) mass is 381 g/mol. The van der Waals surface area contributed by atoms with Gasteiger partial charge in [0.15, 0.2) is 0 Å². The van der Waals surface area contributed by atoms with E-state index >= 15 is 0 Å². The van der Waals surface area contributed by atoms with Gasteiger partial charge in [-0.1, -0.05) is 6.07 Å². The van der Waals surface area contributed by atoms with Crippen molar-refractivity contribution in [2.45, 2.75) is 23.1 Å². The molecule has 0 aliphatic carbocycles. The lowest BCUT2D eigenvalue weighted by molar-refractivity contribution is 0.0786. The maximum atomic E-state index is 12.5. The minimum atomic E-state index is -4.59. The van der Waals surface area contributed by atoms with Gasteiger partial charge >= 0.3 is 5.76 Å². The van der Waals surface area contributed by atoms with Crippen molar-refractivity contribution in [2.75, 3.05) is 18.4 Å². The number of rotatable bonds is 5. The number of pyridine rings is 1. The highest BCUT2D eigenvalue weighted by molar-refractivity contribution is 7.91. The Morgan fingerprint density at radius 2 is 1.92 bits per heavy atom. The van der Waals surface area contributed by atoms with Crippen molar-refractivity contribution in [1.29, 1.82) is 0 Å². The molecule has 1 aromatic carbocycles. The molecule has 2 heterocycles. The van der Waals surface area contributed by atoms with E-state index in [4.69, 9.17) is 0 Å². The summed E-state index contributed by atoms with van der Waals surface area (Å²) in [6, 6.07) is 10.3. The largest absolute Gasteiger partial charge is 0.380 e. The van der Waals surface area contributed by atoms with Gasteiger partial charge in [-0.3, -0.25) is 9.78 Å². The molecule has 0 radical (unpaired) electrons. The molecule has 1 amide bonds. The minimum absolute atomic E-state index is 0.0137. The summed E-state index contributed by atoms with van der Waals surface area (Å²) in [5.74, 6) is -3.59. The molecule has 1 unspecified atom stereocenters. The van der Waals surface area contributed by atoms with Gasteiger partial charge in [0.25, 0.3) is 5.91 Å². The van der Waals surface area contributed by atoms with E-state index < -0.39 is 20.5 Å². The quantitative estimate of drug-likeness (QED) is 0.860. The molecule has 1 aromatic heterocycles. The van der Waals surface area contributed by atoms with Crippen LogP contribution in [0.4, 0.5) is 14.5 Å². The molecule has 1 N–H and O–H groups in total. The molecule has 26 heavy (non-hydrogen) atoms. The highest BCUT2D eigenvalue weighted by atomic mass is 32.2. The number of amides is 1. The molecule has 0 bridgehead atoms. The summed E-state index contributed by atoms with van der Waals surface area (Å²) in [4.78, 5) is 17.7. The molecular weight excluding hydrogens is 364 g/mol. The molecule has 138 valence electrons. The van der Waals surface area contributed by atoms with Crippen LogP contribution < -0.4 is 5.32 Å². The van der Waals surface area contributed by atoms with Crippen molar-refractivity contribution >= 4 is 21.4 Å². The van der Waals surface area contributed by atoms with Crippen molar-refractivity contribution in [1.82, 2.24) is 9.88 Å². The summed E-state index contributed by atoms with van der Waals surface area (Å²) < 4.78 is 47.9. The van der Waals surface area contributed by atoms with E-state index in [2.05, 4.69) is 10.3 Å². The van der Waals surface area contributed by atoms with Crippen LogP contribution in [0.15, 0.2) is 53.6 Å². The molecule has 1 atom stereocenters. The normalized spacial score (nSPS) is 17.5. The van der Waals surface area contributed by atoms with E-state index in [1.54, 1.807) is 29.3 Å². The molecule has 1 fully saturated rings. The lowest BCUT2D eigenvalue weighted by atomic mass is 10.2. The fraction of sp³-hybridized carbons (Fsp3) is 0.294. The highest BCUT2D eigenvalue weighted by Gasteiger charge is 2.28. The smallest absolute Gasteiger partial charge is 0.341 e. The fourth-order valence-electron chi connectivity index (χ4n) is 2.79. The summed E-state index contributed by atoms with van der Waals surface area (Å²) >= 11 is 0. The second-order valence-corrected chi connectivity index (χ2v) is 7.84. The van der Waals surface area contributed by atoms with Crippen LogP contribution in [-0.2, 0) is 9.84 Å². The van der Waals surface area contributed by atoms with Gasteiger partial charge in [-0.05, 0) is 42.8 Å². The van der Waals surface area contributed by atoms with E-state index in [9.17, 15) is 22.0 Å². The summed E-state index contributed by atoms with van der Waals surface area (Å²) in [6.45, 7) is 1.05. The van der Waals surface area contributed by atoms with E-state index in [-0.39, 0.29) is 11.9 Å². The van der Waals surface area contributed by atoms with Crippen LogP contribution in [0, 0.1) is 0 Å². The number of benzene rings is 1. The molecule has 0 spiro atoms. The van der Waals surface area contributed by atoms with Gasteiger partial charge in [-0.15, -0.1) is 0 Å². The third-order valence-corrected chi connectivity index (χ3v) is 5.55. The van der Waals surface area contributed by atoms with Crippen molar-refractivity contribution in [3.63, 3.8) is 0 Å². The summed E-state index contributed by atoms with van der Waals surface area (Å²) in [5, 5.41) is 3.19. The Balaban J connectivity index is 1.62. The second-order valence-electron chi connectivity index (χ2n) is 5.93. The van der Waals surface area contributed by atoms with Crippen LogP contribution >= 0.6 is 0 Å². The molecule has 9 heteroatoms. The van der Waals surface area contributed by atoms with E-state index in [1.165, 1.54) is 12.1 Å². The number of anilines is 1. The van der Waals surface area contributed by atoms with Crippen LogP contribution in [0.5, 0.6) is 0 Å². The predicted octanol–water partition coefficient (Wildman–Crippen LogP) is 2.40. The van der Waals surface area contributed by atoms with Gasteiger partial charge in [-0.25, -0.2) is 8.42 Å². The number of nitrogens with one attached hydrogen (secondary N) is 1. The zero-order chi connectivity index (χ0) is 18.7. The van der Waals surface area contributed by atoms with Crippen LogP contribution in [0.1, 0.15) is 16.9 Å². The molecule has 0 saturated carbocycles. The Labute approximate surface area is 149 Å². The number of hydrogen-bond acceptors (Lipinski definition) is 5. The zero-order valence-corrected chi connectivity index (χ0v) is 14.5. The number of alkyl halides is 2. The van der Waals surface area contributed by atoms with Crippen molar-refractivity contribution < 1.29 is 22.0 Å². The van der Waals surface area contributed by atoms with E-state index in [0.717, 1.165) is 18.6 Å². The molecule has 1 aliphatic rings. The first kappa shape index (κ1) is 18.2. The average Bonchev–Trinajstić information content (AvgIpc) is 3.10. The second kappa shape index (κ2) is 7.36. The third kappa shape index (κ3) is 3.82. The third-order valence-electron chi connectivity index (χ3n) is 4.15. The molecule has 1 saturated heterocycles. The van der Waals surface area contributed by atoms with Crippen molar-refractivity contribution in [3.05, 3.63) is 54.4 Å². The minimum Gasteiger partial charge on any atom is -0.380 e. The van der Waals surface area contributed by atoms with Crippen molar-refractivity contribution in [2.24, 2.45) is 0 Å². The molecule has 2 aromatic rings. The van der Waals surface area contributed by atoms with E-state index in [1.807, 2.05) is 0 Å². The number of carbonyl (C=O) groups excluding carboxylic acids is 1. The van der Waals surface area contributed by atoms with Gasteiger partial charge in [0.05, 0.1) is 4.90 Å². The first-order chi connectivity index (χ1) is 12.4. The number of sulfone groups is 1. The molecular formula is C17H17F2N3O3S. The van der Waals surface area contributed by atoms with Gasteiger partial charge in [0, 0.05) is 31.0 Å². The molecule has 1 aliphatic heterocycles. The summed E-state index contributed by atoms with van der Waals surface area (Å²) in [7, 11) is -4.59. The lowest BCUT2D eigenvalue weighted by Crippen LogP contribution is -2.32. The fourth-order valence-corrected chi connectivity index (χ4v) is 3.51. The van der Waals surface area contributed by atoms with Gasteiger partial charge in [0.1, 0.15) is 5.69 Å². The summed E-state index contributed by atoms with van der Waals surface area (Å²) in [6.07, 6.45) is 2.28. The van der Waals surface area contributed by atoms with Crippen LogP contribution in [0.25, 0.3) is 0 Å². The van der Waals surface area contributed by atoms with Crippen LogP contribution in [-0.4, -0.2) is 49.1 Å². The predicted molar refractivity (Wildman–Crippen MR) is 91.8 cm³/mol. The van der Waals surface area contributed by atoms with E-state index in [0.29, 0.717) is 24.5 Å². The standard InChI is InChI=1S/C17H17F2N3O3S/c18-17(19)26(24,25)14-6-4-12(5-7-14)21-13-8-10-22(11-13)16(23)15-3-1-2-9-20-15/h1-7,9,13,17,21H,8,10-11H2. The number of halogens is 2. The van der Waals surface area contributed by atoms with Gasteiger partial charge < -0.3 is 10.2 Å². The number of carbonyl (C=O) groups is 1. The van der Waals surface area contributed by atoms with Gasteiger partial charge in [0.2, 0.25) is 9.84 Å². The Bertz CT molecular complexity index is 874. The lowest BCUT2D eigenvalue weighted by Gasteiger charge is -2.17. The first-order valence-electron chi connectivity index (χ1n) is 7.97. The number of likely N-dealkylation sites (tertiary alicyclic amines) is 1. The number of nitrogens with zero attached hydrogens (tertiary/aromatic N) is 2. The number of hydrogen-bond donors (Lipinski definition) is 1. The maximum Gasteiger partial charge on any atom is 0.341 e. The Morgan fingerprint density at radius 3 is 2.54 bits per heavy atom. The van der Waals surface area contributed by atoms with Crippen LogP contribution in [0.2, 0.25) is 0 Å². The topological polar surface area (TPSA) is 79.4 Å². The average molecular weight is 381 g/mol. The van der Waals surface area contributed by atoms with Crippen molar-refractivity contribution in [3.8, 4) is 0 Å². The van der Waals surface area contributed by atoms with Crippen LogP contribution in [0.3, 0.4) is 0 Å². The Morgan fingerprint density at radius 1 is 1.19 bits per heavy atom. The molecule has 6 nitrogen and oxygen atoms in total. The zero-order valence-electron chi connectivity index (χ0n) is 13.7. The first-order valence-corrected chi connectivity index (χ1v) is 9.51. The summed E-state index contributed by atoms with van der Waals surface area (Å²) in [5.41, 5.74) is 0.991. The highest BCUT2D eigenvalue weighted by Crippen LogP contribution is 2.22. The number of aromatic nitrogens is 1.